The minimum absolute atomic E-state index is 0.0415. The Hall–Kier alpha value is -1.92. The molecule has 1 aromatic rings. The smallest absolute Gasteiger partial charge is 0.131 e. The van der Waals surface area contributed by atoms with E-state index in [1.165, 1.54) is 18.2 Å². The molecule has 0 aliphatic heterocycles. The van der Waals surface area contributed by atoms with Gasteiger partial charge in [-0.05, 0) is 12.1 Å². The Kier molecular flexibility index (Phi) is 4.27. The van der Waals surface area contributed by atoms with Crippen LogP contribution in [0.2, 0.25) is 0 Å². The first-order valence-corrected chi connectivity index (χ1v) is 4.41. The quantitative estimate of drug-likeness (QED) is 0.766. The standard InChI is InChI=1S/C12H10FNO/c13-12-8-10(9-14)5-6-11(12)4-2-1-3-7-15/h1-6,8,15H,7H2/b3-1+,4-2+. The van der Waals surface area contributed by atoms with Crippen molar-refractivity contribution in [1.82, 2.24) is 0 Å². The van der Waals surface area contributed by atoms with Crippen LogP contribution >= 0.6 is 0 Å². The van der Waals surface area contributed by atoms with E-state index in [9.17, 15) is 4.39 Å². The largest absolute Gasteiger partial charge is 0.392 e. The fraction of sp³-hybridized carbons (Fsp3) is 0.0833. The van der Waals surface area contributed by atoms with E-state index in [1.54, 1.807) is 24.3 Å². The van der Waals surface area contributed by atoms with Gasteiger partial charge in [-0.1, -0.05) is 30.4 Å². The maximum atomic E-state index is 13.3. The molecule has 0 spiro atoms. The molecule has 1 N–H and O–H groups in total. The highest BCUT2D eigenvalue weighted by Gasteiger charge is 1.98. The highest BCUT2D eigenvalue weighted by molar-refractivity contribution is 5.53. The first-order valence-electron chi connectivity index (χ1n) is 4.41. The zero-order valence-corrected chi connectivity index (χ0v) is 8.02. The second kappa shape index (κ2) is 5.74. The van der Waals surface area contributed by atoms with E-state index in [0.29, 0.717) is 11.1 Å². The van der Waals surface area contributed by atoms with Crippen molar-refractivity contribution in [2.45, 2.75) is 0 Å². The Morgan fingerprint density at radius 1 is 1.40 bits per heavy atom. The third-order valence-electron chi connectivity index (χ3n) is 1.76. The molecule has 2 nitrogen and oxygen atoms in total. The van der Waals surface area contributed by atoms with E-state index < -0.39 is 5.82 Å². The van der Waals surface area contributed by atoms with Gasteiger partial charge >= 0.3 is 0 Å². The summed E-state index contributed by atoms with van der Waals surface area (Å²) in [6, 6.07) is 6.14. The van der Waals surface area contributed by atoms with E-state index in [0.717, 1.165) is 0 Å². The molecule has 0 unspecified atom stereocenters. The van der Waals surface area contributed by atoms with Crippen LogP contribution in [0.5, 0.6) is 0 Å². The van der Waals surface area contributed by atoms with Crippen molar-refractivity contribution in [3.8, 4) is 6.07 Å². The topological polar surface area (TPSA) is 44.0 Å². The van der Waals surface area contributed by atoms with E-state index in [1.807, 2.05) is 6.07 Å². The fourth-order valence-corrected chi connectivity index (χ4v) is 1.03. The Morgan fingerprint density at radius 3 is 2.80 bits per heavy atom. The summed E-state index contributed by atoms with van der Waals surface area (Å²) in [6.07, 6.45) is 6.36. The fourth-order valence-electron chi connectivity index (χ4n) is 1.03. The maximum Gasteiger partial charge on any atom is 0.131 e. The van der Waals surface area contributed by atoms with Crippen molar-refractivity contribution in [3.05, 3.63) is 53.4 Å². The minimum atomic E-state index is -0.428. The zero-order valence-electron chi connectivity index (χ0n) is 8.02. The second-order valence-electron chi connectivity index (χ2n) is 2.82. The lowest BCUT2D eigenvalue weighted by molar-refractivity contribution is 0.343. The molecule has 0 aliphatic rings. The molecule has 3 heteroatoms. The van der Waals surface area contributed by atoms with Crippen LogP contribution in [0.15, 0.2) is 36.4 Å². The molecule has 0 radical (unpaired) electrons. The van der Waals surface area contributed by atoms with Crippen molar-refractivity contribution < 1.29 is 9.50 Å². The molecule has 0 saturated carbocycles. The molecule has 0 saturated heterocycles. The summed E-state index contributed by atoms with van der Waals surface area (Å²) in [7, 11) is 0. The number of hydrogen-bond donors (Lipinski definition) is 1. The Bertz CT molecular complexity index is 430. The Balaban J connectivity index is 2.84. The normalized spacial score (nSPS) is 11.0. The van der Waals surface area contributed by atoms with Gasteiger partial charge in [-0.3, -0.25) is 0 Å². The van der Waals surface area contributed by atoms with E-state index in [4.69, 9.17) is 10.4 Å². The number of aliphatic hydroxyl groups excluding tert-OH is 1. The lowest BCUT2D eigenvalue weighted by Gasteiger charge is -1.95. The molecule has 0 aromatic heterocycles. The second-order valence-corrected chi connectivity index (χ2v) is 2.82. The first kappa shape index (κ1) is 11.2. The van der Waals surface area contributed by atoms with Gasteiger partial charge in [-0.2, -0.15) is 5.26 Å². The number of rotatable bonds is 3. The number of nitrogens with zero attached hydrogens (tertiary/aromatic N) is 1. The van der Waals surface area contributed by atoms with E-state index >= 15 is 0 Å². The summed E-state index contributed by atoms with van der Waals surface area (Å²) in [5.74, 6) is -0.428. The van der Waals surface area contributed by atoms with Crippen LogP contribution in [0.4, 0.5) is 4.39 Å². The molecule has 15 heavy (non-hydrogen) atoms. The molecule has 0 aliphatic carbocycles. The average Bonchev–Trinajstić information content (AvgIpc) is 2.26. The number of allylic oxidation sites excluding steroid dienone is 2. The van der Waals surface area contributed by atoms with Crippen LogP contribution in [0, 0.1) is 17.1 Å². The van der Waals surface area contributed by atoms with Gasteiger partial charge in [0.1, 0.15) is 5.82 Å². The number of aliphatic hydroxyl groups is 1. The van der Waals surface area contributed by atoms with Gasteiger partial charge < -0.3 is 5.11 Å². The van der Waals surface area contributed by atoms with Gasteiger partial charge in [-0.25, -0.2) is 4.39 Å². The summed E-state index contributed by atoms with van der Waals surface area (Å²) in [6.45, 7) is -0.0415. The summed E-state index contributed by atoms with van der Waals surface area (Å²) in [4.78, 5) is 0. The Morgan fingerprint density at radius 2 is 2.20 bits per heavy atom. The Labute approximate surface area is 87.6 Å². The van der Waals surface area contributed by atoms with Gasteiger partial charge in [0.15, 0.2) is 0 Å². The van der Waals surface area contributed by atoms with Crippen LogP contribution in [0.3, 0.4) is 0 Å². The third kappa shape index (κ3) is 3.37. The van der Waals surface area contributed by atoms with E-state index in [-0.39, 0.29) is 6.61 Å². The third-order valence-corrected chi connectivity index (χ3v) is 1.76. The zero-order chi connectivity index (χ0) is 11.1. The molecule has 1 rings (SSSR count). The molecule has 0 amide bonds. The summed E-state index contributed by atoms with van der Waals surface area (Å²) in [5.41, 5.74) is 0.715. The number of halogens is 1. The van der Waals surface area contributed by atoms with Crippen molar-refractivity contribution in [2.24, 2.45) is 0 Å². The summed E-state index contributed by atoms with van der Waals surface area (Å²) in [5, 5.41) is 17.0. The van der Waals surface area contributed by atoms with Gasteiger partial charge in [0.25, 0.3) is 0 Å². The van der Waals surface area contributed by atoms with Crippen LogP contribution in [-0.2, 0) is 0 Å². The molecule has 0 fully saturated rings. The molecule has 0 heterocycles. The SMILES string of the molecule is N#Cc1ccc(/C=C/C=C/CO)c(F)c1. The number of nitriles is 1. The summed E-state index contributed by atoms with van der Waals surface area (Å²) < 4.78 is 13.3. The molecule has 1 aromatic carbocycles. The molecular formula is C12H10FNO. The lowest BCUT2D eigenvalue weighted by Crippen LogP contribution is -1.83. The molecule has 0 bridgehead atoms. The highest BCUT2D eigenvalue weighted by Crippen LogP contribution is 2.11. The van der Waals surface area contributed by atoms with Crippen molar-refractivity contribution in [2.75, 3.05) is 6.61 Å². The van der Waals surface area contributed by atoms with Crippen LogP contribution in [-0.4, -0.2) is 11.7 Å². The van der Waals surface area contributed by atoms with Gasteiger partial charge in [0, 0.05) is 5.56 Å². The number of benzene rings is 1. The first-order chi connectivity index (χ1) is 7.27. The lowest BCUT2D eigenvalue weighted by atomic mass is 10.1. The molecule has 0 atom stereocenters. The predicted molar refractivity (Wildman–Crippen MR) is 56.4 cm³/mol. The monoisotopic (exact) mass is 203 g/mol. The van der Waals surface area contributed by atoms with Crippen LogP contribution < -0.4 is 0 Å². The van der Waals surface area contributed by atoms with Gasteiger partial charge in [0.2, 0.25) is 0 Å². The van der Waals surface area contributed by atoms with E-state index in [2.05, 4.69) is 0 Å². The van der Waals surface area contributed by atoms with Crippen LogP contribution in [0.25, 0.3) is 6.08 Å². The average molecular weight is 203 g/mol. The van der Waals surface area contributed by atoms with Gasteiger partial charge in [0.05, 0.1) is 18.2 Å². The molecular weight excluding hydrogens is 193 g/mol. The predicted octanol–water partition coefficient (Wildman–Crippen LogP) is 2.26. The minimum Gasteiger partial charge on any atom is -0.392 e. The summed E-state index contributed by atoms with van der Waals surface area (Å²) >= 11 is 0. The van der Waals surface area contributed by atoms with Crippen molar-refractivity contribution >= 4 is 6.08 Å². The van der Waals surface area contributed by atoms with Crippen molar-refractivity contribution in [1.29, 1.82) is 5.26 Å². The molecule has 76 valence electrons. The highest BCUT2D eigenvalue weighted by atomic mass is 19.1. The van der Waals surface area contributed by atoms with Crippen LogP contribution in [0.1, 0.15) is 11.1 Å². The maximum absolute atomic E-state index is 13.3. The van der Waals surface area contributed by atoms with Crippen molar-refractivity contribution in [3.63, 3.8) is 0 Å². The number of hydrogen-bond acceptors (Lipinski definition) is 2. The van der Waals surface area contributed by atoms with Gasteiger partial charge in [-0.15, -0.1) is 0 Å².